The molecular weight excluding hydrogens is 194 g/mol. The van der Waals surface area contributed by atoms with Crippen LogP contribution in [0.15, 0.2) is 42.5 Å². The van der Waals surface area contributed by atoms with E-state index in [-0.39, 0.29) is 0 Å². The second kappa shape index (κ2) is 3.81. The van der Waals surface area contributed by atoms with E-state index >= 15 is 0 Å². The van der Waals surface area contributed by atoms with Crippen molar-refractivity contribution in [1.82, 2.24) is 0 Å². The largest absolute Gasteiger partial charge is 0.270 e. The second-order valence-electron chi connectivity index (χ2n) is 3.37. The summed E-state index contributed by atoms with van der Waals surface area (Å²) in [5, 5.41) is 1.95. The van der Waals surface area contributed by atoms with Gasteiger partial charge >= 0.3 is 0 Å². The van der Waals surface area contributed by atoms with Crippen molar-refractivity contribution in [3.05, 3.63) is 60.5 Å². The van der Waals surface area contributed by atoms with Gasteiger partial charge in [-0.3, -0.25) is 0 Å². The van der Waals surface area contributed by atoms with E-state index in [2.05, 4.69) is 6.92 Å². The minimum atomic E-state index is -1.68. The molecule has 0 aromatic heterocycles. The van der Waals surface area contributed by atoms with Crippen LogP contribution in [0.2, 0.25) is 0 Å². The van der Waals surface area contributed by atoms with Crippen LogP contribution in [0.4, 0.5) is 8.78 Å². The van der Waals surface area contributed by atoms with Crippen LogP contribution in [0.5, 0.6) is 0 Å². The lowest BCUT2D eigenvalue weighted by Gasteiger charge is -2.00. The highest BCUT2D eigenvalue weighted by atomic mass is 19.3. The average molecular weight is 203 g/mol. The number of fused-ring (bicyclic) bond motifs is 1. The normalized spacial score (nSPS) is 10.3. The van der Waals surface area contributed by atoms with Crippen LogP contribution < -0.4 is 0 Å². The van der Waals surface area contributed by atoms with Crippen molar-refractivity contribution in [2.24, 2.45) is 0 Å². The maximum absolute atomic E-state index is 12.0. The van der Waals surface area contributed by atoms with Crippen molar-refractivity contribution in [3.63, 3.8) is 0 Å². The van der Waals surface area contributed by atoms with Gasteiger partial charge in [0.25, 0.3) is 6.08 Å². The van der Waals surface area contributed by atoms with Crippen LogP contribution in [0.25, 0.3) is 16.8 Å². The van der Waals surface area contributed by atoms with Crippen molar-refractivity contribution >= 4 is 16.8 Å². The number of benzene rings is 2. The molecule has 0 heterocycles. The van der Waals surface area contributed by atoms with Gasteiger partial charge in [-0.25, -0.2) is 0 Å². The zero-order chi connectivity index (χ0) is 10.8. The predicted octanol–water partition coefficient (Wildman–Crippen LogP) is 4.26. The Hall–Kier alpha value is -1.70. The highest BCUT2D eigenvalue weighted by Gasteiger charge is 1.97. The van der Waals surface area contributed by atoms with Crippen molar-refractivity contribution in [2.45, 2.75) is 0 Å². The first kappa shape index (κ1) is 9.84. The highest BCUT2D eigenvalue weighted by molar-refractivity contribution is 5.85. The monoisotopic (exact) mass is 203 g/mol. The van der Waals surface area contributed by atoms with Gasteiger partial charge < -0.3 is 0 Å². The number of rotatable bonds is 1. The molecule has 0 N–H and O–H groups in total. The van der Waals surface area contributed by atoms with E-state index in [0.717, 1.165) is 22.4 Å². The van der Waals surface area contributed by atoms with Crippen LogP contribution in [0.1, 0.15) is 11.1 Å². The van der Waals surface area contributed by atoms with E-state index in [9.17, 15) is 8.78 Å². The van der Waals surface area contributed by atoms with Crippen molar-refractivity contribution in [3.8, 4) is 0 Å². The Bertz CT molecular complexity index is 523. The van der Waals surface area contributed by atoms with Crippen LogP contribution in [-0.4, -0.2) is 0 Å². The Morgan fingerprint density at radius 2 is 1.67 bits per heavy atom. The maximum atomic E-state index is 12.0. The summed E-state index contributed by atoms with van der Waals surface area (Å²) in [6, 6.07) is 10.9. The fourth-order valence-electron chi connectivity index (χ4n) is 1.53. The van der Waals surface area contributed by atoms with Gasteiger partial charge in [-0.15, -0.1) is 0 Å². The van der Waals surface area contributed by atoms with Crippen molar-refractivity contribution in [2.75, 3.05) is 0 Å². The van der Waals surface area contributed by atoms with E-state index in [0.29, 0.717) is 5.56 Å². The number of halogens is 2. The zero-order valence-electron chi connectivity index (χ0n) is 8.00. The molecule has 2 aromatic carbocycles. The molecule has 0 nitrogen and oxygen atoms in total. The molecule has 0 atom stereocenters. The van der Waals surface area contributed by atoms with Gasteiger partial charge in [0.15, 0.2) is 0 Å². The first-order valence-electron chi connectivity index (χ1n) is 4.53. The summed E-state index contributed by atoms with van der Waals surface area (Å²) in [6.07, 6.45) is -0.819. The van der Waals surface area contributed by atoms with Crippen LogP contribution in [0, 0.1) is 6.92 Å². The fourth-order valence-corrected chi connectivity index (χ4v) is 1.53. The van der Waals surface area contributed by atoms with Gasteiger partial charge in [-0.05, 0) is 34.9 Å². The molecule has 75 valence electrons. The third-order valence-electron chi connectivity index (χ3n) is 2.20. The molecule has 2 heteroatoms. The summed E-state index contributed by atoms with van der Waals surface area (Å²) in [7, 11) is 0. The quantitative estimate of drug-likeness (QED) is 0.649. The lowest BCUT2D eigenvalue weighted by molar-refractivity contribution is 0.429. The Balaban J connectivity index is 2.57. The zero-order valence-corrected chi connectivity index (χ0v) is 8.00. The van der Waals surface area contributed by atoms with E-state index in [1.807, 2.05) is 24.3 Å². The molecule has 0 saturated carbocycles. The molecular formula is C13H9F2. The van der Waals surface area contributed by atoms with Crippen LogP contribution in [-0.2, 0) is 0 Å². The first-order chi connectivity index (χ1) is 7.15. The lowest BCUT2D eigenvalue weighted by atomic mass is 10.0. The third kappa shape index (κ3) is 2.21. The molecule has 0 bridgehead atoms. The van der Waals surface area contributed by atoms with Crippen LogP contribution >= 0.6 is 0 Å². The van der Waals surface area contributed by atoms with Gasteiger partial charge in [0.05, 0.1) is 0 Å². The highest BCUT2D eigenvalue weighted by Crippen LogP contribution is 2.19. The molecule has 15 heavy (non-hydrogen) atoms. The minimum absolute atomic E-state index is 0.513. The van der Waals surface area contributed by atoms with Gasteiger partial charge in [-0.2, -0.15) is 8.78 Å². The first-order valence-corrected chi connectivity index (χ1v) is 4.53. The summed E-state index contributed by atoms with van der Waals surface area (Å²) in [5.74, 6) is 0. The molecule has 0 unspecified atom stereocenters. The Morgan fingerprint density at radius 1 is 1.00 bits per heavy atom. The Morgan fingerprint density at radius 3 is 2.40 bits per heavy atom. The SMILES string of the molecule is [CH2]c1ccc2cc(C=C(F)F)ccc2c1. The van der Waals surface area contributed by atoms with E-state index in [1.54, 1.807) is 12.1 Å². The van der Waals surface area contributed by atoms with Crippen LogP contribution in [0.3, 0.4) is 0 Å². The molecule has 2 aromatic rings. The van der Waals surface area contributed by atoms with Gasteiger partial charge in [0, 0.05) is 6.08 Å². The third-order valence-corrected chi connectivity index (χ3v) is 2.20. The smallest absolute Gasteiger partial charge is 0.173 e. The topological polar surface area (TPSA) is 0 Å². The predicted molar refractivity (Wildman–Crippen MR) is 58.6 cm³/mol. The van der Waals surface area contributed by atoms with Crippen molar-refractivity contribution in [1.29, 1.82) is 0 Å². The van der Waals surface area contributed by atoms with E-state index in [4.69, 9.17) is 0 Å². The molecule has 0 aliphatic carbocycles. The van der Waals surface area contributed by atoms with E-state index < -0.39 is 6.08 Å². The maximum Gasteiger partial charge on any atom is 0.270 e. The molecule has 0 aliphatic rings. The summed E-state index contributed by atoms with van der Waals surface area (Å²) < 4.78 is 24.1. The van der Waals surface area contributed by atoms with Gasteiger partial charge in [-0.1, -0.05) is 30.3 Å². The summed E-state index contributed by atoms with van der Waals surface area (Å²) in [6.45, 7) is 3.81. The molecule has 1 radical (unpaired) electrons. The molecule has 0 fully saturated rings. The molecule has 0 saturated heterocycles. The van der Waals surface area contributed by atoms with Gasteiger partial charge in [0.1, 0.15) is 0 Å². The number of hydrogen-bond donors (Lipinski definition) is 0. The molecule has 0 aliphatic heterocycles. The van der Waals surface area contributed by atoms with E-state index in [1.165, 1.54) is 0 Å². The summed E-state index contributed by atoms with van der Waals surface area (Å²) in [5.41, 5.74) is 1.43. The van der Waals surface area contributed by atoms with Gasteiger partial charge in [0.2, 0.25) is 0 Å². The average Bonchev–Trinajstić information content (AvgIpc) is 2.17. The minimum Gasteiger partial charge on any atom is -0.173 e. The molecule has 0 amide bonds. The Labute approximate surface area is 86.8 Å². The lowest BCUT2D eigenvalue weighted by Crippen LogP contribution is -1.78. The Kier molecular flexibility index (Phi) is 2.50. The molecule has 2 rings (SSSR count). The summed E-state index contributed by atoms with van der Waals surface area (Å²) >= 11 is 0. The number of hydrogen-bond acceptors (Lipinski definition) is 0. The van der Waals surface area contributed by atoms with Crippen molar-refractivity contribution < 1.29 is 8.78 Å². The standard InChI is InChI=1S/C13H9F2/c1-9-2-4-12-7-10(8-13(14)15)3-5-11(12)6-9/h2-8H,1H2. The summed E-state index contributed by atoms with van der Waals surface area (Å²) in [4.78, 5) is 0. The fraction of sp³-hybridized carbons (Fsp3) is 0. The second-order valence-corrected chi connectivity index (χ2v) is 3.37. The molecule has 0 spiro atoms.